The van der Waals surface area contributed by atoms with Gasteiger partial charge in [0, 0.05) is 5.56 Å². The molecule has 1 aromatic rings. The standard InChI is InChI=1S/C11H11NO3/c13-11(14)8-12-7-3-5-9-4-1-2-6-10(9)15-12/h1-6H,7-8H2,(H,13,14). The van der Waals surface area contributed by atoms with Crippen LogP contribution in [-0.4, -0.2) is 29.2 Å². The summed E-state index contributed by atoms with van der Waals surface area (Å²) in [5.74, 6) is -0.213. The molecule has 4 nitrogen and oxygen atoms in total. The number of hydrogen-bond acceptors (Lipinski definition) is 3. The Bertz CT molecular complexity index is 401. The van der Waals surface area contributed by atoms with Crippen molar-refractivity contribution in [3.63, 3.8) is 0 Å². The Morgan fingerprint density at radius 3 is 3.07 bits per heavy atom. The highest BCUT2D eigenvalue weighted by atomic mass is 16.7. The molecule has 15 heavy (non-hydrogen) atoms. The predicted octanol–water partition coefficient (Wildman–Crippen LogP) is 1.39. The van der Waals surface area contributed by atoms with Crippen molar-refractivity contribution in [2.24, 2.45) is 0 Å². The lowest BCUT2D eigenvalue weighted by molar-refractivity contribution is -0.146. The fourth-order valence-electron chi connectivity index (χ4n) is 1.42. The molecule has 78 valence electrons. The number of carboxylic acids is 1. The number of nitrogens with zero attached hydrogens (tertiary/aromatic N) is 1. The van der Waals surface area contributed by atoms with Crippen LogP contribution in [0.5, 0.6) is 5.75 Å². The molecular formula is C11H11NO3. The van der Waals surface area contributed by atoms with E-state index in [2.05, 4.69) is 0 Å². The van der Waals surface area contributed by atoms with Crippen LogP contribution in [0.1, 0.15) is 5.56 Å². The van der Waals surface area contributed by atoms with Crippen LogP contribution in [0.2, 0.25) is 0 Å². The zero-order chi connectivity index (χ0) is 10.7. The van der Waals surface area contributed by atoms with Gasteiger partial charge in [-0.3, -0.25) is 4.79 Å². The average molecular weight is 205 g/mol. The first kappa shape index (κ1) is 9.73. The number of rotatable bonds is 2. The van der Waals surface area contributed by atoms with Crippen molar-refractivity contribution in [2.45, 2.75) is 0 Å². The monoisotopic (exact) mass is 205 g/mol. The van der Waals surface area contributed by atoms with Gasteiger partial charge in [0.25, 0.3) is 0 Å². The van der Waals surface area contributed by atoms with E-state index in [-0.39, 0.29) is 6.54 Å². The Balaban J connectivity index is 2.19. The Labute approximate surface area is 87.3 Å². The zero-order valence-electron chi connectivity index (χ0n) is 8.09. The second-order valence-corrected chi connectivity index (χ2v) is 3.25. The fourth-order valence-corrected chi connectivity index (χ4v) is 1.42. The third kappa shape index (κ3) is 2.35. The van der Waals surface area contributed by atoms with E-state index in [1.165, 1.54) is 5.06 Å². The van der Waals surface area contributed by atoms with Gasteiger partial charge in [-0.25, -0.2) is 0 Å². The molecule has 0 atom stereocenters. The van der Waals surface area contributed by atoms with Crippen LogP contribution in [0.3, 0.4) is 0 Å². The number of aliphatic carboxylic acids is 1. The molecule has 1 aromatic carbocycles. The van der Waals surface area contributed by atoms with E-state index >= 15 is 0 Å². The molecule has 4 heteroatoms. The second-order valence-electron chi connectivity index (χ2n) is 3.25. The van der Waals surface area contributed by atoms with Crippen LogP contribution < -0.4 is 4.84 Å². The van der Waals surface area contributed by atoms with Gasteiger partial charge in [0.05, 0.1) is 6.54 Å². The molecule has 0 spiro atoms. The lowest BCUT2D eigenvalue weighted by Crippen LogP contribution is -2.32. The van der Waals surface area contributed by atoms with Crippen LogP contribution >= 0.6 is 0 Å². The summed E-state index contributed by atoms with van der Waals surface area (Å²) in [6, 6.07) is 7.52. The maximum Gasteiger partial charge on any atom is 0.321 e. The van der Waals surface area contributed by atoms with E-state index in [0.717, 1.165) is 5.56 Å². The third-order valence-corrected chi connectivity index (χ3v) is 2.06. The van der Waals surface area contributed by atoms with Crippen molar-refractivity contribution in [2.75, 3.05) is 13.1 Å². The molecular weight excluding hydrogens is 194 g/mol. The SMILES string of the molecule is O=C(O)CN1CC=Cc2ccccc2O1. The quantitative estimate of drug-likeness (QED) is 0.792. The number of fused-ring (bicyclic) bond motifs is 1. The minimum Gasteiger partial charge on any atom is -0.480 e. The molecule has 1 aliphatic heterocycles. The third-order valence-electron chi connectivity index (χ3n) is 2.06. The fraction of sp³-hybridized carbons (Fsp3) is 0.182. The van der Waals surface area contributed by atoms with E-state index in [0.29, 0.717) is 12.3 Å². The van der Waals surface area contributed by atoms with Crippen LogP contribution in [0.4, 0.5) is 0 Å². The summed E-state index contributed by atoms with van der Waals surface area (Å²) in [6.07, 6.45) is 3.81. The van der Waals surface area contributed by atoms with Crippen molar-refractivity contribution in [3.8, 4) is 5.75 Å². The first-order valence-electron chi connectivity index (χ1n) is 4.66. The summed E-state index contributed by atoms with van der Waals surface area (Å²) in [7, 11) is 0. The van der Waals surface area contributed by atoms with Crippen LogP contribution in [0, 0.1) is 0 Å². The topological polar surface area (TPSA) is 49.8 Å². The number of benzene rings is 1. The van der Waals surface area contributed by atoms with E-state index in [1.807, 2.05) is 36.4 Å². The largest absolute Gasteiger partial charge is 0.480 e. The van der Waals surface area contributed by atoms with Crippen molar-refractivity contribution in [1.29, 1.82) is 0 Å². The summed E-state index contributed by atoms with van der Waals surface area (Å²) in [5.41, 5.74) is 0.963. The molecule has 1 heterocycles. The van der Waals surface area contributed by atoms with Gasteiger partial charge in [0.15, 0.2) is 5.75 Å². The molecule has 0 aliphatic carbocycles. The van der Waals surface area contributed by atoms with Crippen molar-refractivity contribution in [3.05, 3.63) is 35.9 Å². The first-order chi connectivity index (χ1) is 7.25. The molecule has 0 bridgehead atoms. The zero-order valence-corrected chi connectivity index (χ0v) is 8.09. The lowest BCUT2D eigenvalue weighted by Gasteiger charge is -2.17. The average Bonchev–Trinajstić information content (AvgIpc) is 2.38. The van der Waals surface area contributed by atoms with E-state index in [1.54, 1.807) is 0 Å². The minimum absolute atomic E-state index is 0.126. The second kappa shape index (κ2) is 4.14. The number of hydrogen-bond donors (Lipinski definition) is 1. The molecule has 0 aromatic heterocycles. The van der Waals surface area contributed by atoms with Crippen molar-refractivity contribution in [1.82, 2.24) is 5.06 Å². The molecule has 1 N–H and O–H groups in total. The predicted molar refractivity (Wildman–Crippen MR) is 55.3 cm³/mol. The van der Waals surface area contributed by atoms with E-state index in [9.17, 15) is 4.79 Å². The molecule has 0 saturated carbocycles. The number of para-hydroxylation sites is 1. The van der Waals surface area contributed by atoms with Crippen LogP contribution in [0.25, 0.3) is 6.08 Å². The Kier molecular flexibility index (Phi) is 2.69. The summed E-state index contributed by atoms with van der Waals surface area (Å²) >= 11 is 0. The molecule has 0 fully saturated rings. The van der Waals surface area contributed by atoms with Gasteiger partial charge in [-0.15, -0.1) is 5.06 Å². The van der Waals surface area contributed by atoms with E-state index in [4.69, 9.17) is 9.94 Å². The smallest absolute Gasteiger partial charge is 0.321 e. The lowest BCUT2D eigenvalue weighted by atomic mass is 10.2. The highest BCUT2D eigenvalue weighted by molar-refractivity contribution is 5.69. The maximum absolute atomic E-state index is 10.5. The number of hydroxylamine groups is 2. The summed E-state index contributed by atoms with van der Waals surface area (Å²) < 4.78 is 0. The first-order valence-corrected chi connectivity index (χ1v) is 4.66. The number of carbonyl (C=O) groups is 1. The highest BCUT2D eigenvalue weighted by Gasteiger charge is 2.14. The maximum atomic E-state index is 10.5. The highest BCUT2D eigenvalue weighted by Crippen LogP contribution is 2.22. The van der Waals surface area contributed by atoms with Gasteiger partial charge < -0.3 is 9.94 Å². The van der Waals surface area contributed by atoms with Gasteiger partial charge in [-0.2, -0.15) is 0 Å². The van der Waals surface area contributed by atoms with E-state index < -0.39 is 5.97 Å². The van der Waals surface area contributed by atoms with Gasteiger partial charge >= 0.3 is 5.97 Å². The summed E-state index contributed by atoms with van der Waals surface area (Å²) in [4.78, 5) is 16.0. The molecule has 0 saturated heterocycles. The van der Waals surface area contributed by atoms with Gasteiger partial charge in [-0.05, 0) is 6.07 Å². The van der Waals surface area contributed by atoms with Gasteiger partial charge in [0.2, 0.25) is 0 Å². The van der Waals surface area contributed by atoms with Crippen molar-refractivity contribution < 1.29 is 14.7 Å². The van der Waals surface area contributed by atoms with Gasteiger partial charge in [-0.1, -0.05) is 30.4 Å². The molecule has 0 unspecified atom stereocenters. The van der Waals surface area contributed by atoms with Gasteiger partial charge in [0.1, 0.15) is 6.54 Å². The Hall–Kier alpha value is -1.81. The van der Waals surface area contributed by atoms with Crippen LogP contribution in [0.15, 0.2) is 30.3 Å². The summed E-state index contributed by atoms with van der Waals surface area (Å²) in [6.45, 7) is 0.347. The molecule has 1 aliphatic rings. The normalized spacial score (nSPS) is 15.2. The summed E-state index contributed by atoms with van der Waals surface area (Å²) in [5, 5.41) is 10.1. The van der Waals surface area contributed by atoms with Crippen molar-refractivity contribution >= 4 is 12.0 Å². The Morgan fingerprint density at radius 2 is 2.27 bits per heavy atom. The van der Waals surface area contributed by atoms with Crippen LogP contribution in [-0.2, 0) is 4.79 Å². The number of carboxylic acid groups (broad SMARTS) is 1. The minimum atomic E-state index is -0.900. The molecule has 2 rings (SSSR count). The Morgan fingerprint density at radius 1 is 1.47 bits per heavy atom. The molecule has 0 amide bonds. The molecule has 0 radical (unpaired) electrons.